The normalized spacial score (nSPS) is 13.1. The molecule has 0 aromatic carbocycles. The van der Waals surface area contributed by atoms with Crippen LogP contribution in [0.1, 0.15) is 52.4 Å². The molecule has 0 bridgehead atoms. The third-order valence-electron chi connectivity index (χ3n) is 2.80. The summed E-state index contributed by atoms with van der Waals surface area (Å²) in [4.78, 5) is 0. The molecule has 0 unspecified atom stereocenters. The van der Waals surface area contributed by atoms with Gasteiger partial charge in [-0.25, -0.2) is 16.8 Å². The van der Waals surface area contributed by atoms with Crippen LogP contribution in [0.25, 0.3) is 0 Å². The Hall–Kier alpha value is -0.140. The topological polar surface area (TPSA) is 71.5 Å². The third kappa shape index (κ3) is 6.15. The van der Waals surface area contributed by atoms with E-state index in [0.29, 0.717) is 16.6 Å². The number of nitrogens with zero attached hydrogens (tertiary/aromatic N) is 1. The molecule has 0 radical (unpaired) electrons. The SMILES string of the molecule is CCCCCCS(=O)(=O)N(C)S(=O)(=O)CCCC. The highest BCUT2D eigenvalue weighted by atomic mass is 32.3. The van der Waals surface area contributed by atoms with Crippen LogP contribution in [-0.4, -0.2) is 39.1 Å². The molecule has 5 nitrogen and oxygen atoms in total. The second kappa shape index (κ2) is 8.12. The minimum Gasteiger partial charge on any atom is -0.211 e. The third-order valence-corrected chi connectivity index (χ3v) is 7.33. The van der Waals surface area contributed by atoms with E-state index in [9.17, 15) is 16.8 Å². The Morgan fingerprint density at radius 2 is 1.17 bits per heavy atom. The average Bonchev–Trinajstić information content (AvgIpc) is 2.31. The van der Waals surface area contributed by atoms with Gasteiger partial charge in [-0.2, -0.15) is 0 Å². The van der Waals surface area contributed by atoms with Crippen LogP contribution in [0, 0.1) is 0 Å². The molecule has 0 heterocycles. The van der Waals surface area contributed by atoms with Gasteiger partial charge in [0, 0.05) is 7.05 Å². The van der Waals surface area contributed by atoms with E-state index in [1.54, 1.807) is 0 Å². The van der Waals surface area contributed by atoms with Crippen LogP contribution < -0.4 is 0 Å². The van der Waals surface area contributed by atoms with Crippen LogP contribution in [-0.2, 0) is 20.0 Å². The van der Waals surface area contributed by atoms with Gasteiger partial charge in [-0.3, -0.25) is 0 Å². The number of unbranched alkanes of at least 4 members (excludes halogenated alkanes) is 4. The zero-order valence-corrected chi connectivity index (χ0v) is 13.2. The summed E-state index contributed by atoms with van der Waals surface area (Å²) >= 11 is 0. The summed E-state index contributed by atoms with van der Waals surface area (Å²) in [6.45, 7) is 3.91. The molecule has 0 spiro atoms. The lowest BCUT2D eigenvalue weighted by Crippen LogP contribution is -2.36. The zero-order valence-electron chi connectivity index (χ0n) is 11.6. The molecule has 0 saturated heterocycles. The first-order valence-corrected chi connectivity index (χ1v) is 9.69. The minimum absolute atomic E-state index is 0.0884. The predicted octanol–water partition coefficient (Wildman–Crippen LogP) is 1.96. The molecule has 0 aromatic heterocycles. The van der Waals surface area contributed by atoms with Crippen molar-refractivity contribution in [1.82, 2.24) is 3.71 Å². The lowest BCUT2D eigenvalue weighted by Gasteiger charge is -2.17. The predicted molar refractivity (Wildman–Crippen MR) is 74.4 cm³/mol. The smallest absolute Gasteiger partial charge is 0.211 e. The van der Waals surface area contributed by atoms with Crippen molar-refractivity contribution in [2.45, 2.75) is 52.4 Å². The van der Waals surface area contributed by atoms with Gasteiger partial charge in [0.25, 0.3) is 0 Å². The molecular weight excluding hydrogens is 274 g/mol. The fourth-order valence-electron chi connectivity index (χ4n) is 1.47. The monoisotopic (exact) mass is 299 g/mol. The first kappa shape index (κ1) is 17.9. The highest BCUT2D eigenvalue weighted by molar-refractivity contribution is 8.03. The van der Waals surface area contributed by atoms with Gasteiger partial charge in [0.1, 0.15) is 0 Å². The van der Waals surface area contributed by atoms with Crippen molar-refractivity contribution < 1.29 is 16.8 Å². The van der Waals surface area contributed by atoms with Gasteiger partial charge >= 0.3 is 0 Å². The molecule has 0 atom stereocenters. The molecule has 0 aliphatic heterocycles. The highest BCUT2D eigenvalue weighted by Gasteiger charge is 2.28. The van der Waals surface area contributed by atoms with Gasteiger partial charge in [-0.15, -0.1) is 0 Å². The van der Waals surface area contributed by atoms with E-state index in [1.807, 2.05) is 13.8 Å². The molecular formula is C11H25NO4S2. The molecule has 18 heavy (non-hydrogen) atoms. The van der Waals surface area contributed by atoms with E-state index in [4.69, 9.17) is 0 Å². The fourth-order valence-corrected chi connectivity index (χ4v) is 5.04. The Labute approximate surface area is 112 Å². The molecule has 0 aliphatic carbocycles. The summed E-state index contributed by atoms with van der Waals surface area (Å²) in [7, 11) is -6.22. The lowest BCUT2D eigenvalue weighted by molar-refractivity contribution is 0.521. The number of rotatable bonds is 10. The Morgan fingerprint density at radius 3 is 1.61 bits per heavy atom. The Kier molecular flexibility index (Phi) is 8.05. The number of sulfonamides is 2. The van der Waals surface area contributed by atoms with E-state index < -0.39 is 20.0 Å². The second-order valence-corrected chi connectivity index (χ2v) is 8.90. The van der Waals surface area contributed by atoms with E-state index in [0.717, 1.165) is 32.7 Å². The van der Waals surface area contributed by atoms with E-state index in [2.05, 4.69) is 0 Å². The zero-order chi connectivity index (χ0) is 14.2. The molecule has 0 amide bonds. The molecule has 0 fully saturated rings. The van der Waals surface area contributed by atoms with Crippen LogP contribution >= 0.6 is 0 Å². The summed E-state index contributed by atoms with van der Waals surface area (Å²) in [6, 6.07) is 0. The van der Waals surface area contributed by atoms with Crippen LogP contribution in [0.15, 0.2) is 0 Å². The number of hydrogen-bond acceptors (Lipinski definition) is 4. The summed E-state index contributed by atoms with van der Waals surface area (Å²) in [5.41, 5.74) is 0. The standard InChI is InChI=1S/C11H25NO4S2/c1-4-6-8-9-11-18(15,16)12(3)17(13,14)10-7-5-2/h4-11H2,1-3H3. The second-order valence-electron chi connectivity index (χ2n) is 4.43. The summed E-state index contributed by atoms with van der Waals surface area (Å²) in [6.07, 6.45) is 4.54. The molecule has 0 aliphatic rings. The van der Waals surface area contributed by atoms with Crippen LogP contribution in [0.5, 0.6) is 0 Å². The van der Waals surface area contributed by atoms with E-state index >= 15 is 0 Å². The average molecular weight is 299 g/mol. The maximum atomic E-state index is 11.9. The lowest BCUT2D eigenvalue weighted by atomic mass is 10.2. The molecule has 0 saturated carbocycles. The molecule has 7 heteroatoms. The summed E-state index contributed by atoms with van der Waals surface area (Å²) in [5.74, 6) is -0.191. The van der Waals surface area contributed by atoms with Crippen LogP contribution in [0.2, 0.25) is 0 Å². The van der Waals surface area contributed by atoms with Crippen molar-refractivity contribution in [3.05, 3.63) is 0 Å². The minimum atomic E-state index is -3.68. The first-order chi connectivity index (χ1) is 8.28. The molecule has 0 N–H and O–H groups in total. The van der Waals surface area contributed by atoms with Crippen LogP contribution in [0.4, 0.5) is 0 Å². The highest BCUT2D eigenvalue weighted by Crippen LogP contribution is 2.11. The van der Waals surface area contributed by atoms with Gasteiger partial charge in [0.15, 0.2) is 0 Å². The van der Waals surface area contributed by atoms with E-state index in [1.165, 1.54) is 0 Å². The van der Waals surface area contributed by atoms with Crippen molar-refractivity contribution in [2.75, 3.05) is 18.6 Å². The molecule has 0 aromatic rings. The van der Waals surface area contributed by atoms with Crippen molar-refractivity contribution in [3.63, 3.8) is 0 Å². The molecule has 0 rings (SSSR count). The Morgan fingerprint density at radius 1 is 0.722 bits per heavy atom. The van der Waals surface area contributed by atoms with Gasteiger partial charge in [-0.05, 0) is 12.8 Å². The quantitative estimate of drug-likeness (QED) is 0.578. The maximum absolute atomic E-state index is 11.9. The van der Waals surface area contributed by atoms with E-state index in [-0.39, 0.29) is 11.5 Å². The largest absolute Gasteiger partial charge is 0.226 e. The number of hydrogen-bond donors (Lipinski definition) is 0. The maximum Gasteiger partial charge on any atom is 0.226 e. The summed E-state index contributed by atoms with van der Waals surface area (Å²) < 4.78 is 47.8. The van der Waals surface area contributed by atoms with Gasteiger partial charge in [0.05, 0.1) is 11.5 Å². The van der Waals surface area contributed by atoms with Gasteiger partial charge in [-0.1, -0.05) is 43.2 Å². The van der Waals surface area contributed by atoms with Crippen molar-refractivity contribution in [3.8, 4) is 0 Å². The van der Waals surface area contributed by atoms with Crippen molar-refractivity contribution in [2.24, 2.45) is 0 Å². The Bertz CT molecular complexity index is 414. The summed E-state index contributed by atoms with van der Waals surface area (Å²) in [5, 5.41) is 0. The first-order valence-electron chi connectivity index (χ1n) is 6.47. The molecule has 110 valence electrons. The van der Waals surface area contributed by atoms with Gasteiger partial charge < -0.3 is 0 Å². The van der Waals surface area contributed by atoms with Crippen molar-refractivity contribution in [1.29, 1.82) is 0 Å². The van der Waals surface area contributed by atoms with Gasteiger partial charge in [0.2, 0.25) is 20.0 Å². The van der Waals surface area contributed by atoms with Crippen LogP contribution in [0.3, 0.4) is 0 Å². The fraction of sp³-hybridized carbons (Fsp3) is 1.00. The Balaban J connectivity index is 4.50. The van der Waals surface area contributed by atoms with Crippen molar-refractivity contribution >= 4 is 20.0 Å².